The number of imidazole rings is 2. The molecule has 2 aromatic heterocycles. The molecule has 0 aliphatic carbocycles. The summed E-state index contributed by atoms with van der Waals surface area (Å²) in [6.45, 7) is 5.65. The summed E-state index contributed by atoms with van der Waals surface area (Å²) >= 11 is 0. The van der Waals surface area contributed by atoms with Crippen LogP contribution in [0.3, 0.4) is 0 Å². The largest absolute Gasteiger partial charge is 0.381 e. The molecule has 16 heteroatoms. The zero-order chi connectivity index (χ0) is 32.6. The van der Waals surface area contributed by atoms with E-state index >= 15 is 0 Å². The van der Waals surface area contributed by atoms with Crippen LogP contribution >= 0.6 is 0 Å². The summed E-state index contributed by atoms with van der Waals surface area (Å²) < 4.78 is 40.8. The molecule has 1 aromatic carbocycles. The molecule has 16 nitrogen and oxygen atoms in total. The fourth-order valence-corrected chi connectivity index (χ4v) is 5.70. The molecule has 0 spiro atoms. The molecule has 0 saturated carbocycles. The van der Waals surface area contributed by atoms with Gasteiger partial charge in [-0.05, 0) is 45.5 Å². The first-order valence-corrected chi connectivity index (χ1v) is 15.3. The van der Waals surface area contributed by atoms with Gasteiger partial charge >= 0.3 is 11.6 Å². The Morgan fingerprint density at radius 1 is 0.848 bits per heavy atom. The van der Waals surface area contributed by atoms with Gasteiger partial charge in [-0.15, -0.1) is 0 Å². The Bertz CT molecular complexity index is 1450. The summed E-state index contributed by atoms with van der Waals surface area (Å²) in [5.41, 5.74) is 0.880. The van der Waals surface area contributed by atoms with Gasteiger partial charge in [0.1, 0.15) is 36.8 Å². The standard InChI is InChI=1S/C30H40N6O10/c1-20-31-24(35(37)38)17-33(20)13-7-9-15-42-27-26-23(19-44-29(46-26)22-11-5-4-6-12-22)45-30(41-3)28(27)43-16-10-8-14-34-18-25(36(39)40)32-21(34)2/h4-6,11-12,17-18,23,26-30H,7-10,13-16,19H2,1-3H3/t23-,26-,27+,28-,29?,30+/m1/s1. The second kappa shape index (κ2) is 15.7. The second-order valence-corrected chi connectivity index (χ2v) is 11.2. The number of nitrogens with zero attached hydrogens (tertiary/aromatic N) is 6. The van der Waals surface area contributed by atoms with Crippen molar-refractivity contribution in [2.75, 3.05) is 26.9 Å². The lowest BCUT2D eigenvalue weighted by Crippen LogP contribution is -2.63. The van der Waals surface area contributed by atoms with E-state index < -0.39 is 46.8 Å². The lowest BCUT2D eigenvalue weighted by molar-refractivity contribution is -0.389. The van der Waals surface area contributed by atoms with Crippen LogP contribution in [0.15, 0.2) is 42.7 Å². The number of hydrogen-bond donors (Lipinski definition) is 0. The molecule has 6 atom stereocenters. The highest BCUT2D eigenvalue weighted by Crippen LogP contribution is 2.36. The van der Waals surface area contributed by atoms with Crippen molar-refractivity contribution < 1.29 is 38.3 Å². The lowest BCUT2D eigenvalue weighted by atomic mass is 9.97. The minimum absolute atomic E-state index is 0.168. The molecular formula is C30H40N6O10. The number of aromatic nitrogens is 4. The topological polar surface area (TPSA) is 177 Å². The zero-order valence-corrected chi connectivity index (χ0v) is 26.1. The van der Waals surface area contributed by atoms with E-state index in [-0.39, 0.29) is 18.2 Å². The quantitative estimate of drug-likeness (QED) is 0.124. The third kappa shape index (κ3) is 8.12. The molecule has 0 N–H and O–H groups in total. The van der Waals surface area contributed by atoms with Crippen molar-refractivity contribution >= 4 is 11.6 Å². The van der Waals surface area contributed by atoms with Crippen LogP contribution in [-0.4, -0.2) is 86.6 Å². The van der Waals surface area contributed by atoms with E-state index in [9.17, 15) is 20.2 Å². The average Bonchev–Trinajstić information content (AvgIpc) is 3.62. The molecule has 5 rings (SSSR count). The van der Waals surface area contributed by atoms with Crippen LogP contribution in [0, 0.1) is 34.1 Å². The first-order valence-electron chi connectivity index (χ1n) is 15.3. The summed E-state index contributed by atoms with van der Waals surface area (Å²) in [7, 11) is 1.55. The van der Waals surface area contributed by atoms with Crippen LogP contribution < -0.4 is 0 Å². The van der Waals surface area contributed by atoms with E-state index in [0.29, 0.717) is 63.6 Å². The molecule has 3 aromatic rings. The number of fused-ring (bicyclic) bond motifs is 1. The Kier molecular flexibility index (Phi) is 11.4. The van der Waals surface area contributed by atoms with Crippen molar-refractivity contribution in [3.05, 3.63) is 80.2 Å². The molecule has 2 saturated heterocycles. The van der Waals surface area contributed by atoms with Crippen LogP contribution in [0.1, 0.15) is 49.2 Å². The van der Waals surface area contributed by atoms with E-state index in [0.717, 1.165) is 5.56 Å². The highest BCUT2D eigenvalue weighted by molar-refractivity contribution is 5.18. The van der Waals surface area contributed by atoms with Gasteiger partial charge in [-0.2, -0.15) is 0 Å². The van der Waals surface area contributed by atoms with E-state index in [2.05, 4.69) is 9.97 Å². The predicted molar refractivity (Wildman–Crippen MR) is 161 cm³/mol. The number of unbranched alkanes of at least 4 members (excludes halogenated alkanes) is 2. The number of ether oxygens (including phenoxy) is 6. The van der Waals surface area contributed by atoms with E-state index in [4.69, 9.17) is 28.4 Å². The van der Waals surface area contributed by atoms with Gasteiger partial charge in [0.15, 0.2) is 12.6 Å². The molecule has 1 unspecified atom stereocenters. The van der Waals surface area contributed by atoms with Gasteiger partial charge in [0, 0.05) is 52.8 Å². The van der Waals surface area contributed by atoms with Crippen molar-refractivity contribution in [2.45, 2.75) is 89.6 Å². The summed E-state index contributed by atoms with van der Waals surface area (Å²) in [5, 5.41) is 22.1. The zero-order valence-electron chi connectivity index (χ0n) is 26.1. The fourth-order valence-electron chi connectivity index (χ4n) is 5.70. The summed E-state index contributed by atoms with van der Waals surface area (Å²) in [5.74, 6) is 0.828. The Hall–Kier alpha value is -3.80. The summed E-state index contributed by atoms with van der Waals surface area (Å²) in [6.07, 6.45) is 2.27. The molecular weight excluding hydrogens is 604 g/mol. The van der Waals surface area contributed by atoms with Gasteiger partial charge in [0.2, 0.25) is 11.6 Å². The van der Waals surface area contributed by atoms with Gasteiger partial charge in [-0.1, -0.05) is 30.3 Å². The third-order valence-electron chi connectivity index (χ3n) is 8.10. The van der Waals surface area contributed by atoms with Gasteiger partial charge in [0.25, 0.3) is 0 Å². The fraction of sp³-hybridized carbons (Fsp3) is 0.600. The Morgan fingerprint density at radius 2 is 1.41 bits per heavy atom. The maximum atomic E-state index is 11.1. The molecule has 0 radical (unpaired) electrons. The number of aryl methyl sites for hydroxylation is 4. The Morgan fingerprint density at radius 3 is 1.93 bits per heavy atom. The van der Waals surface area contributed by atoms with Gasteiger partial charge in [-0.25, -0.2) is 0 Å². The SMILES string of the molecule is CO[C@H]1O[C@@H]2COC(c3ccccc3)O[C@H]2[C@H](OCCCCn2cc([N+](=O)[O-])nc2C)[C@H]1OCCCCn1cc([N+](=O)[O-])nc1C. The van der Waals surface area contributed by atoms with Crippen molar-refractivity contribution in [1.29, 1.82) is 0 Å². The van der Waals surface area contributed by atoms with E-state index in [1.54, 1.807) is 30.1 Å². The molecule has 2 fully saturated rings. The lowest BCUT2D eigenvalue weighted by Gasteiger charge is -2.48. The van der Waals surface area contributed by atoms with E-state index in [1.165, 1.54) is 12.4 Å². The van der Waals surface area contributed by atoms with Gasteiger partial charge in [-0.3, -0.25) is 0 Å². The highest BCUT2D eigenvalue weighted by atomic mass is 16.8. The molecule has 2 aliphatic rings. The molecule has 2 aliphatic heterocycles. The van der Waals surface area contributed by atoms with Crippen molar-refractivity contribution in [3.8, 4) is 0 Å². The third-order valence-corrected chi connectivity index (χ3v) is 8.10. The molecule has 4 heterocycles. The average molecular weight is 645 g/mol. The maximum absolute atomic E-state index is 11.1. The van der Waals surface area contributed by atoms with Crippen molar-refractivity contribution in [3.63, 3.8) is 0 Å². The number of benzene rings is 1. The first-order chi connectivity index (χ1) is 22.2. The van der Waals surface area contributed by atoms with Crippen LogP contribution in [0.5, 0.6) is 0 Å². The summed E-state index contributed by atoms with van der Waals surface area (Å²) in [4.78, 5) is 29.1. The molecule has 46 heavy (non-hydrogen) atoms. The summed E-state index contributed by atoms with van der Waals surface area (Å²) in [6, 6.07) is 9.65. The Labute approximate surface area is 265 Å². The monoisotopic (exact) mass is 644 g/mol. The number of hydrogen-bond acceptors (Lipinski definition) is 12. The van der Waals surface area contributed by atoms with E-state index in [1.807, 2.05) is 30.3 Å². The van der Waals surface area contributed by atoms with Crippen LogP contribution in [0.25, 0.3) is 0 Å². The molecule has 250 valence electrons. The number of nitro groups is 2. The minimum atomic E-state index is -0.723. The van der Waals surface area contributed by atoms with Crippen molar-refractivity contribution in [1.82, 2.24) is 19.1 Å². The molecule has 0 amide bonds. The van der Waals surface area contributed by atoms with Gasteiger partial charge < -0.3 is 57.8 Å². The second-order valence-electron chi connectivity index (χ2n) is 11.2. The Balaban J connectivity index is 1.21. The molecule has 0 bridgehead atoms. The van der Waals surface area contributed by atoms with Crippen LogP contribution in [0.2, 0.25) is 0 Å². The number of rotatable bonds is 16. The first kappa shape index (κ1) is 33.6. The highest BCUT2D eigenvalue weighted by Gasteiger charge is 2.51. The number of methoxy groups -OCH3 is 1. The predicted octanol–water partition coefficient (Wildman–Crippen LogP) is 4.03. The normalized spacial score (nSPS) is 24.5. The van der Waals surface area contributed by atoms with Crippen LogP contribution in [0.4, 0.5) is 11.6 Å². The van der Waals surface area contributed by atoms with Crippen LogP contribution in [-0.2, 0) is 41.5 Å². The smallest absolute Gasteiger partial charge is 0.372 e. The minimum Gasteiger partial charge on any atom is -0.372 e. The van der Waals surface area contributed by atoms with Gasteiger partial charge in [0.05, 0.1) is 6.61 Å². The van der Waals surface area contributed by atoms with Crippen molar-refractivity contribution in [2.24, 2.45) is 0 Å². The maximum Gasteiger partial charge on any atom is 0.381 e.